The van der Waals surface area contributed by atoms with E-state index >= 15 is 0 Å². The zero-order valence-electron chi connectivity index (χ0n) is 11.2. The van der Waals surface area contributed by atoms with Crippen molar-refractivity contribution in [2.24, 2.45) is 0 Å². The van der Waals surface area contributed by atoms with Gasteiger partial charge in [-0.05, 0) is 24.3 Å². The summed E-state index contributed by atoms with van der Waals surface area (Å²) in [5.41, 5.74) is 0. The lowest BCUT2D eigenvalue weighted by Crippen LogP contribution is -2.44. The quantitative estimate of drug-likeness (QED) is 0.922. The van der Waals surface area contributed by atoms with Crippen LogP contribution in [0.2, 0.25) is 0 Å². The van der Waals surface area contributed by atoms with E-state index in [9.17, 15) is 9.18 Å². The number of morpholine rings is 1. The van der Waals surface area contributed by atoms with E-state index in [1.54, 1.807) is 17.2 Å². The molecule has 2 aromatic rings. The van der Waals surface area contributed by atoms with Crippen molar-refractivity contribution >= 4 is 11.8 Å². The van der Waals surface area contributed by atoms with Gasteiger partial charge in [0.05, 0.1) is 25.6 Å². The third-order valence-corrected chi connectivity index (χ3v) is 3.18. The number of carbonyl (C=O) groups is 1. The molecule has 1 N–H and O–H groups in total. The van der Waals surface area contributed by atoms with Gasteiger partial charge in [-0.3, -0.25) is 5.32 Å². The summed E-state index contributed by atoms with van der Waals surface area (Å²) < 4.78 is 23.7. The van der Waals surface area contributed by atoms with Crippen molar-refractivity contribution in [3.8, 4) is 0 Å². The molecule has 0 aliphatic carbocycles. The van der Waals surface area contributed by atoms with E-state index in [-0.39, 0.29) is 12.1 Å². The SMILES string of the molecule is O=C(Nc1ccc(F)cn1)N1CCOC(c2ccco2)C1. The van der Waals surface area contributed by atoms with E-state index in [4.69, 9.17) is 9.15 Å². The zero-order valence-corrected chi connectivity index (χ0v) is 11.2. The average molecular weight is 291 g/mol. The van der Waals surface area contributed by atoms with Crippen molar-refractivity contribution in [3.63, 3.8) is 0 Å². The molecule has 6 nitrogen and oxygen atoms in total. The van der Waals surface area contributed by atoms with Crippen LogP contribution in [0.25, 0.3) is 0 Å². The molecule has 0 radical (unpaired) electrons. The van der Waals surface area contributed by atoms with Gasteiger partial charge in [0.1, 0.15) is 23.5 Å². The Morgan fingerprint density at radius 3 is 3.05 bits per heavy atom. The molecule has 0 saturated carbocycles. The molecule has 1 atom stereocenters. The Labute approximate surface area is 120 Å². The number of amides is 2. The molecule has 1 saturated heterocycles. The molecule has 0 bridgehead atoms. The van der Waals surface area contributed by atoms with Gasteiger partial charge in [0, 0.05) is 6.54 Å². The van der Waals surface area contributed by atoms with Crippen LogP contribution < -0.4 is 5.32 Å². The van der Waals surface area contributed by atoms with Crippen LogP contribution in [-0.2, 0) is 4.74 Å². The highest BCUT2D eigenvalue weighted by Gasteiger charge is 2.27. The molecule has 3 rings (SSSR count). The van der Waals surface area contributed by atoms with Crippen LogP contribution in [0.15, 0.2) is 41.1 Å². The number of ether oxygens (including phenoxy) is 1. The zero-order chi connectivity index (χ0) is 14.7. The third kappa shape index (κ3) is 3.19. The third-order valence-electron chi connectivity index (χ3n) is 3.18. The first-order valence-electron chi connectivity index (χ1n) is 6.55. The lowest BCUT2D eigenvalue weighted by atomic mass is 10.2. The molecule has 1 fully saturated rings. The Morgan fingerprint density at radius 1 is 1.43 bits per heavy atom. The highest BCUT2D eigenvalue weighted by atomic mass is 19.1. The minimum Gasteiger partial charge on any atom is -0.467 e. The highest BCUT2D eigenvalue weighted by Crippen LogP contribution is 2.22. The highest BCUT2D eigenvalue weighted by molar-refractivity contribution is 5.88. The number of aromatic nitrogens is 1. The lowest BCUT2D eigenvalue weighted by Gasteiger charge is -2.31. The number of hydrogen-bond acceptors (Lipinski definition) is 4. The molecule has 110 valence electrons. The topological polar surface area (TPSA) is 67.6 Å². The number of anilines is 1. The van der Waals surface area contributed by atoms with Gasteiger partial charge in [-0.25, -0.2) is 14.2 Å². The molecule has 21 heavy (non-hydrogen) atoms. The van der Waals surface area contributed by atoms with E-state index in [0.29, 0.717) is 31.3 Å². The predicted molar refractivity (Wildman–Crippen MR) is 72.2 cm³/mol. The van der Waals surface area contributed by atoms with Crippen LogP contribution in [0.5, 0.6) is 0 Å². The van der Waals surface area contributed by atoms with Gasteiger partial charge in [-0.15, -0.1) is 0 Å². The van der Waals surface area contributed by atoms with Gasteiger partial charge in [0.2, 0.25) is 0 Å². The number of halogens is 1. The van der Waals surface area contributed by atoms with Gasteiger partial charge >= 0.3 is 6.03 Å². The maximum Gasteiger partial charge on any atom is 0.323 e. The Kier molecular flexibility index (Phi) is 3.83. The maximum atomic E-state index is 12.8. The van der Waals surface area contributed by atoms with Crippen LogP contribution in [-0.4, -0.2) is 35.6 Å². The van der Waals surface area contributed by atoms with Crippen LogP contribution in [0.1, 0.15) is 11.9 Å². The van der Waals surface area contributed by atoms with Crippen LogP contribution >= 0.6 is 0 Å². The summed E-state index contributed by atoms with van der Waals surface area (Å²) in [6.07, 6.45) is 2.35. The largest absolute Gasteiger partial charge is 0.467 e. The fourth-order valence-electron chi connectivity index (χ4n) is 2.12. The standard InChI is InChI=1S/C14H14FN3O3/c15-10-3-4-13(16-8-10)17-14(19)18-5-7-21-12(9-18)11-2-1-6-20-11/h1-4,6,8,12H,5,7,9H2,(H,16,17,19). The number of nitrogens with zero attached hydrogens (tertiary/aromatic N) is 2. The predicted octanol–water partition coefficient (Wildman–Crippen LogP) is 2.42. The Balaban J connectivity index is 1.63. The smallest absolute Gasteiger partial charge is 0.323 e. The lowest BCUT2D eigenvalue weighted by molar-refractivity contribution is -0.0242. The first kappa shape index (κ1) is 13.6. The second kappa shape index (κ2) is 5.92. The molecule has 2 aromatic heterocycles. The fraction of sp³-hybridized carbons (Fsp3) is 0.286. The first-order chi connectivity index (χ1) is 10.2. The van der Waals surface area contributed by atoms with Gasteiger partial charge in [-0.1, -0.05) is 0 Å². The van der Waals surface area contributed by atoms with Gasteiger partial charge < -0.3 is 14.1 Å². The van der Waals surface area contributed by atoms with Crippen molar-refractivity contribution < 1.29 is 18.3 Å². The molecule has 3 heterocycles. The molecular weight excluding hydrogens is 277 g/mol. The Morgan fingerprint density at radius 2 is 2.33 bits per heavy atom. The summed E-state index contributed by atoms with van der Waals surface area (Å²) >= 11 is 0. The number of nitrogens with one attached hydrogen (secondary N) is 1. The van der Waals surface area contributed by atoms with E-state index in [1.807, 2.05) is 6.07 Å². The van der Waals surface area contributed by atoms with E-state index < -0.39 is 5.82 Å². The number of pyridine rings is 1. The molecule has 0 aromatic carbocycles. The minimum atomic E-state index is -0.447. The van der Waals surface area contributed by atoms with Crippen LogP contribution in [0, 0.1) is 5.82 Å². The summed E-state index contributed by atoms with van der Waals surface area (Å²) in [4.78, 5) is 17.6. The fourth-order valence-corrected chi connectivity index (χ4v) is 2.12. The molecule has 1 aliphatic heterocycles. The van der Waals surface area contributed by atoms with Crippen molar-refractivity contribution in [1.82, 2.24) is 9.88 Å². The van der Waals surface area contributed by atoms with Crippen molar-refractivity contribution in [2.45, 2.75) is 6.10 Å². The van der Waals surface area contributed by atoms with Gasteiger partial charge in [0.25, 0.3) is 0 Å². The molecule has 0 spiro atoms. The summed E-state index contributed by atoms with van der Waals surface area (Å²) in [5, 5.41) is 2.63. The van der Waals surface area contributed by atoms with E-state index in [0.717, 1.165) is 6.20 Å². The average Bonchev–Trinajstić information content (AvgIpc) is 3.04. The normalized spacial score (nSPS) is 18.5. The van der Waals surface area contributed by atoms with Crippen molar-refractivity contribution in [2.75, 3.05) is 25.0 Å². The van der Waals surface area contributed by atoms with Crippen LogP contribution in [0.4, 0.5) is 15.0 Å². The number of urea groups is 1. The summed E-state index contributed by atoms with van der Waals surface area (Å²) in [7, 11) is 0. The molecule has 1 aliphatic rings. The monoisotopic (exact) mass is 291 g/mol. The summed E-state index contributed by atoms with van der Waals surface area (Å²) in [6, 6.07) is 5.95. The van der Waals surface area contributed by atoms with E-state index in [2.05, 4.69) is 10.3 Å². The number of carbonyl (C=O) groups excluding carboxylic acids is 1. The van der Waals surface area contributed by atoms with Gasteiger partial charge in [-0.2, -0.15) is 0 Å². The minimum absolute atomic E-state index is 0.277. The summed E-state index contributed by atoms with van der Waals surface area (Å²) in [6.45, 7) is 1.29. The summed E-state index contributed by atoms with van der Waals surface area (Å²) in [5.74, 6) is 0.548. The maximum absolute atomic E-state index is 12.8. The molecular formula is C14H14FN3O3. The number of hydrogen-bond donors (Lipinski definition) is 1. The number of rotatable bonds is 2. The first-order valence-corrected chi connectivity index (χ1v) is 6.55. The Bertz CT molecular complexity index is 600. The van der Waals surface area contributed by atoms with Gasteiger partial charge in [0.15, 0.2) is 0 Å². The molecule has 1 unspecified atom stereocenters. The second-order valence-corrected chi connectivity index (χ2v) is 4.61. The van der Waals surface area contributed by atoms with Crippen molar-refractivity contribution in [3.05, 3.63) is 48.3 Å². The van der Waals surface area contributed by atoms with Crippen molar-refractivity contribution in [1.29, 1.82) is 0 Å². The molecule has 7 heteroatoms. The second-order valence-electron chi connectivity index (χ2n) is 4.61. The number of furan rings is 1. The van der Waals surface area contributed by atoms with E-state index in [1.165, 1.54) is 12.1 Å². The Hall–Kier alpha value is -2.41. The molecule has 2 amide bonds. The van der Waals surface area contributed by atoms with Crippen LogP contribution in [0.3, 0.4) is 0 Å².